The van der Waals surface area contributed by atoms with E-state index in [0.717, 1.165) is 10.9 Å². The van der Waals surface area contributed by atoms with E-state index in [1.807, 2.05) is 24.3 Å². The minimum absolute atomic E-state index is 0.00998. The molecule has 176 valence electrons. The van der Waals surface area contributed by atoms with Crippen molar-refractivity contribution in [2.75, 3.05) is 18.1 Å². The normalized spacial score (nSPS) is 28.6. The second-order valence-corrected chi connectivity index (χ2v) is 9.20. The van der Waals surface area contributed by atoms with Crippen molar-refractivity contribution in [1.29, 1.82) is 0 Å². The van der Waals surface area contributed by atoms with Crippen LogP contribution in [0.15, 0.2) is 42.9 Å². The van der Waals surface area contributed by atoms with Crippen molar-refractivity contribution in [1.82, 2.24) is 19.5 Å². The van der Waals surface area contributed by atoms with Crippen LogP contribution in [-0.2, 0) is 11.2 Å². The first-order valence-electron chi connectivity index (χ1n) is 11.3. The number of nitrogens with two attached hydrogens (primary N) is 1. The van der Waals surface area contributed by atoms with Crippen LogP contribution in [0.2, 0.25) is 0 Å². The molecule has 0 bridgehead atoms. The molecule has 4 aromatic rings. The maximum atomic E-state index is 13.7. The molecule has 34 heavy (non-hydrogen) atoms. The summed E-state index contributed by atoms with van der Waals surface area (Å²) in [7, 11) is 1.78. The number of nitrogen functional groups attached to an aromatic ring is 1. The van der Waals surface area contributed by atoms with Crippen molar-refractivity contribution < 1.29 is 19.3 Å². The number of halogens is 1. The summed E-state index contributed by atoms with van der Waals surface area (Å²) < 4.78 is 21.8. The maximum absolute atomic E-state index is 13.7. The van der Waals surface area contributed by atoms with E-state index in [0.29, 0.717) is 41.6 Å². The summed E-state index contributed by atoms with van der Waals surface area (Å²) in [6.45, 7) is 0. The van der Waals surface area contributed by atoms with Gasteiger partial charge in [0.15, 0.2) is 17.9 Å². The Morgan fingerprint density at radius 2 is 2.15 bits per heavy atom. The summed E-state index contributed by atoms with van der Waals surface area (Å²) in [6, 6.07) is 8.88. The van der Waals surface area contributed by atoms with Gasteiger partial charge in [-0.25, -0.2) is 19.3 Å². The molecule has 2 aliphatic rings. The average Bonchev–Trinajstić information content (AvgIpc) is 3.47. The molecule has 1 aromatic carbocycles. The highest BCUT2D eigenvalue weighted by Gasteiger charge is 2.61. The molecular formula is C24H25FN6O3. The van der Waals surface area contributed by atoms with Crippen molar-refractivity contribution in [2.45, 2.75) is 43.3 Å². The largest absolute Gasteiger partial charge is 0.385 e. The number of aromatic nitrogens is 4. The Kier molecular flexibility index (Phi) is 4.73. The Morgan fingerprint density at radius 1 is 1.29 bits per heavy atom. The van der Waals surface area contributed by atoms with Gasteiger partial charge >= 0.3 is 0 Å². The maximum Gasteiger partial charge on any atom is 0.165 e. The highest BCUT2D eigenvalue weighted by molar-refractivity contribution is 5.87. The molecule has 10 heteroatoms. The summed E-state index contributed by atoms with van der Waals surface area (Å²) in [5, 5.41) is 27.1. The molecule has 0 radical (unpaired) electrons. The average molecular weight is 465 g/mol. The number of hydrogen-bond donors (Lipinski definition) is 4. The van der Waals surface area contributed by atoms with Crippen molar-refractivity contribution in [2.24, 2.45) is 5.92 Å². The van der Waals surface area contributed by atoms with Crippen LogP contribution in [0.25, 0.3) is 21.9 Å². The molecule has 5 N–H and O–H groups in total. The zero-order chi connectivity index (χ0) is 23.6. The lowest BCUT2D eigenvalue weighted by molar-refractivity contribution is -0.0675. The minimum atomic E-state index is -1.35. The Hall–Kier alpha value is -3.34. The molecule has 1 aliphatic carbocycles. The van der Waals surface area contributed by atoms with Gasteiger partial charge in [-0.2, -0.15) is 0 Å². The Bertz CT molecular complexity index is 1410. The molecule has 1 saturated heterocycles. The van der Waals surface area contributed by atoms with Crippen molar-refractivity contribution >= 4 is 33.6 Å². The SMILES string of the molecule is CNc1ncnc2c1ccn2[C@@H]1O[C@@H]2[C@H](Cc3ccc4cc(F)c(N)nc4c3)CC[C@]2(O)C1O. The number of aliphatic hydroxyl groups is 2. The van der Waals surface area contributed by atoms with E-state index in [2.05, 4.69) is 20.3 Å². The zero-order valence-electron chi connectivity index (χ0n) is 18.5. The van der Waals surface area contributed by atoms with Gasteiger partial charge in [0.05, 0.1) is 17.0 Å². The van der Waals surface area contributed by atoms with Gasteiger partial charge in [-0.15, -0.1) is 0 Å². The van der Waals surface area contributed by atoms with Crippen LogP contribution in [0.1, 0.15) is 24.6 Å². The Balaban J connectivity index is 1.29. The lowest BCUT2D eigenvalue weighted by Crippen LogP contribution is -2.45. The second kappa shape index (κ2) is 7.59. The molecule has 2 fully saturated rings. The molecule has 9 nitrogen and oxygen atoms in total. The van der Waals surface area contributed by atoms with Gasteiger partial charge in [0.1, 0.15) is 29.5 Å². The lowest BCUT2D eigenvalue weighted by atomic mass is 9.90. The first-order valence-corrected chi connectivity index (χ1v) is 11.3. The Labute approximate surface area is 194 Å². The topological polar surface area (TPSA) is 131 Å². The molecule has 3 aromatic heterocycles. The second-order valence-electron chi connectivity index (χ2n) is 9.20. The first kappa shape index (κ1) is 21.2. The molecule has 5 atom stereocenters. The van der Waals surface area contributed by atoms with E-state index in [1.165, 1.54) is 12.4 Å². The van der Waals surface area contributed by atoms with Crippen LogP contribution in [-0.4, -0.2) is 54.6 Å². The third-order valence-electron chi connectivity index (χ3n) is 7.29. The zero-order valence-corrected chi connectivity index (χ0v) is 18.5. The highest BCUT2D eigenvalue weighted by Crippen LogP contribution is 2.50. The van der Waals surface area contributed by atoms with E-state index in [-0.39, 0.29) is 11.7 Å². The van der Waals surface area contributed by atoms with Crippen molar-refractivity contribution in [3.05, 3.63) is 54.2 Å². The van der Waals surface area contributed by atoms with Gasteiger partial charge in [-0.05, 0) is 48.9 Å². The van der Waals surface area contributed by atoms with Crippen molar-refractivity contribution in [3.63, 3.8) is 0 Å². The van der Waals surface area contributed by atoms with Crippen LogP contribution >= 0.6 is 0 Å². The van der Waals surface area contributed by atoms with E-state index < -0.39 is 29.9 Å². The third-order valence-corrected chi connectivity index (χ3v) is 7.29. The number of aliphatic hydroxyl groups excluding tert-OH is 1. The van der Waals surface area contributed by atoms with E-state index in [4.69, 9.17) is 10.5 Å². The summed E-state index contributed by atoms with van der Waals surface area (Å²) in [4.78, 5) is 12.7. The summed E-state index contributed by atoms with van der Waals surface area (Å²) in [5.74, 6) is 0.00183. The van der Waals surface area contributed by atoms with Gasteiger partial charge in [0.2, 0.25) is 0 Å². The number of ether oxygens (including phenoxy) is 1. The lowest BCUT2D eigenvalue weighted by Gasteiger charge is -2.26. The summed E-state index contributed by atoms with van der Waals surface area (Å²) >= 11 is 0. The summed E-state index contributed by atoms with van der Waals surface area (Å²) in [5.41, 5.74) is 6.51. The number of anilines is 2. The standard InChI is InChI=1S/C24H25FN6O3/c1-27-21-15-5-7-31(22(15)29-11-28-21)23-18(32)24(33)6-4-14(19(24)34-23)8-12-2-3-13-10-16(25)20(26)30-17(13)9-12/h2-3,5,7,9-11,14,18-19,23,32-33H,4,6,8H2,1H3,(H2,26,30)(H,27,28,29)/t14-,18?,19+,23+,24-/m0/s1. The number of nitrogens with one attached hydrogen (secondary N) is 1. The van der Waals surface area contributed by atoms with Crippen LogP contribution < -0.4 is 11.1 Å². The predicted octanol–water partition coefficient (Wildman–Crippen LogP) is 2.38. The van der Waals surface area contributed by atoms with Crippen LogP contribution in [0.3, 0.4) is 0 Å². The fourth-order valence-corrected chi connectivity index (χ4v) is 5.57. The molecule has 1 unspecified atom stereocenters. The number of pyridine rings is 1. The molecule has 4 heterocycles. The number of hydrogen-bond acceptors (Lipinski definition) is 8. The van der Waals surface area contributed by atoms with E-state index >= 15 is 0 Å². The molecule has 0 amide bonds. The minimum Gasteiger partial charge on any atom is -0.385 e. The van der Waals surface area contributed by atoms with Crippen LogP contribution in [0.4, 0.5) is 16.0 Å². The van der Waals surface area contributed by atoms with Gasteiger partial charge in [-0.3, -0.25) is 0 Å². The molecule has 6 rings (SSSR count). The van der Waals surface area contributed by atoms with E-state index in [1.54, 1.807) is 17.8 Å². The monoisotopic (exact) mass is 464 g/mol. The quantitative estimate of drug-likeness (QED) is 0.362. The van der Waals surface area contributed by atoms with Gasteiger partial charge < -0.3 is 30.6 Å². The Morgan fingerprint density at radius 3 is 2.97 bits per heavy atom. The molecule has 0 spiro atoms. The number of benzene rings is 1. The van der Waals surface area contributed by atoms with Gasteiger partial charge in [0.25, 0.3) is 0 Å². The number of rotatable bonds is 4. The molecule has 1 aliphatic heterocycles. The van der Waals surface area contributed by atoms with Crippen molar-refractivity contribution in [3.8, 4) is 0 Å². The van der Waals surface area contributed by atoms with Crippen LogP contribution in [0.5, 0.6) is 0 Å². The van der Waals surface area contributed by atoms with Gasteiger partial charge in [-0.1, -0.05) is 12.1 Å². The fraction of sp³-hybridized carbons (Fsp3) is 0.375. The molecule has 1 saturated carbocycles. The smallest absolute Gasteiger partial charge is 0.165 e. The summed E-state index contributed by atoms with van der Waals surface area (Å²) in [6.07, 6.45) is 2.60. The van der Waals surface area contributed by atoms with Gasteiger partial charge in [0, 0.05) is 18.6 Å². The first-order chi connectivity index (χ1) is 16.4. The van der Waals surface area contributed by atoms with Crippen LogP contribution in [0, 0.1) is 11.7 Å². The fourth-order valence-electron chi connectivity index (χ4n) is 5.57. The highest BCUT2D eigenvalue weighted by atomic mass is 19.1. The van der Waals surface area contributed by atoms with E-state index in [9.17, 15) is 14.6 Å². The third kappa shape index (κ3) is 3.06. The molecular weight excluding hydrogens is 439 g/mol. The predicted molar refractivity (Wildman–Crippen MR) is 124 cm³/mol. The number of nitrogens with zero attached hydrogens (tertiary/aromatic N) is 4. The number of fused-ring (bicyclic) bond motifs is 3.